The van der Waals surface area contributed by atoms with Crippen molar-refractivity contribution in [3.05, 3.63) is 41.0 Å². The zero-order valence-electron chi connectivity index (χ0n) is 12.7. The van der Waals surface area contributed by atoms with Gasteiger partial charge in [-0.2, -0.15) is 0 Å². The van der Waals surface area contributed by atoms with Gasteiger partial charge in [-0.05, 0) is 85.5 Å². The standard InChI is InChI=1S/C19H25N/c1-12-3-8-18-17-6-4-13-11-14(20)5-7-15(13)16(17)9-10-19(12,18)2/h3,5,7,11,16-18H,4,6,8-10,20H2,1-2H3/t16-,17-,18+,19-/m1/s1. The van der Waals surface area contributed by atoms with E-state index in [2.05, 4.69) is 38.1 Å². The second-order valence-corrected chi connectivity index (χ2v) is 7.45. The van der Waals surface area contributed by atoms with Crippen molar-refractivity contribution in [2.24, 2.45) is 17.3 Å². The van der Waals surface area contributed by atoms with Gasteiger partial charge in [-0.25, -0.2) is 0 Å². The number of anilines is 1. The van der Waals surface area contributed by atoms with E-state index in [9.17, 15) is 0 Å². The Morgan fingerprint density at radius 2 is 2.10 bits per heavy atom. The van der Waals surface area contributed by atoms with Crippen LogP contribution in [0.1, 0.15) is 56.6 Å². The van der Waals surface area contributed by atoms with Gasteiger partial charge < -0.3 is 5.73 Å². The van der Waals surface area contributed by atoms with Crippen LogP contribution < -0.4 is 5.73 Å². The Kier molecular flexibility index (Phi) is 2.58. The highest BCUT2D eigenvalue weighted by molar-refractivity contribution is 5.47. The molecule has 2 N–H and O–H groups in total. The van der Waals surface area contributed by atoms with Gasteiger partial charge in [-0.3, -0.25) is 0 Å². The van der Waals surface area contributed by atoms with Crippen LogP contribution in [0.15, 0.2) is 29.8 Å². The summed E-state index contributed by atoms with van der Waals surface area (Å²) in [5.41, 5.74) is 12.2. The predicted octanol–water partition coefficient (Wildman–Crippen LogP) is 4.68. The van der Waals surface area contributed by atoms with E-state index in [1.165, 1.54) is 37.7 Å². The van der Waals surface area contributed by atoms with Crippen LogP contribution in [-0.2, 0) is 6.42 Å². The molecule has 4 atom stereocenters. The molecule has 1 fully saturated rings. The van der Waals surface area contributed by atoms with Gasteiger partial charge in [0.2, 0.25) is 0 Å². The van der Waals surface area contributed by atoms with E-state index in [0.717, 1.165) is 23.4 Å². The fourth-order valence-corrected chi connectivity index (χ4v) is 5.38. The summed E-state index contributed by atoms with van der Waals surface area (Å²) < 4.78 is 0. The van der Waals surface area contributed by atoms with Crippen molar-refractivity contribution in [2.45, 2.75) is 51.9 Å². The molecule has 4 rings (SSSR count). The number of nitrogen functional groups attached to an aromatic ring is 1. The minimum absolute atomic E-state index is 0.493. The second-order valence-electron chi connectivity index (χ2n) is 7.45. The fraction of sp³-hybridized carbons (Fsp3) is 0.579. The van der Waals surface area contributed by atoms with Gasteiger partial charge in [0.05, 0.1) is 0 Å². The smallest absolute Gasteiger partial charge is 0.0316 e. The van der Waals surface area contributed by atoms with E-state index in [0.29, 0.717) is 5.41 Å². The minimum Gasteiger partial charge on any atom is -0.399 e. The first-order chi connectivity index (χ1) is 9.59. The molecule has 1 saturated carbocycles. The summed E-state index contributed by atoms with van der Waals surface area (Å²) in [6, 6.07) is 6.64. The van der Waals surface area contributed by atoms with Gasteiger partial charge in [-0.15, -0.1) is 0 Å². The monoisotopic (exact) mass is 267 g/mol. The van der Waals surface area contributed by atoms with Crippen LogP contribution >= 0.6 is 0 Å². The Bertz CT molecular complexity index is 585. The summed E-state index contributed by atoms with van der Waals surface area (Å²) >= 11 is 0. The molecule has 0 amide bonds. The SMILES string of the molecule is CC1=CC[C@H]2[C@@H]3CCc4cc(N)ccc4[C@H]3CC[C@]12C. The van der Waals surface area contributed by atoms with E-state index in [-0.39, 0.29) is 0 Å². The average molecular weight is 267 g/mol. The van der Waals surface area contributed by atoms with Gasteiger partial charge in [0, 0.05) is 5.69 Å². The summed E-state index contributed by atoms with van der Waals surface area (Å²) in [5.74, 6) is 2.56. The van der Waals surface area contributed by atoms with Crippen LogP contribution in [0, 0.1) is 17.3 Å². The quantitative estimate of drug-likeness (QED) is 0.536. The molecular formula is C19H25N. The first-order valence-corrected chi connectivity index (χ1v) is 8.15. The van der Waals surface area contributed by atoms with Crippen LogP contribution in [0.3, 0.4) is 0 Å². The number of nitrogens with two attached hydrogens (primary N) is 1. The maximum atomic E-state index is 5.97. The van der Waals surface area contributed by atoms with Crippen molar-refractivity contribution >= 4 is 5.69 Å². The third-order valence-corrected chi connectivity index (χ3v) is 6.72. The number of hydrogen-bond acceptors (Lipinski definition) is 1. The second kappa shape index (κ2) is 4.13. The van der Waals surface area contributed by atoms with Crippen molar-refractivity contribution in [1.29, 1.82) is 0 Å². The topological polar surface area (TPSA) is 26.0 Å². The Labute approximate surface area is 122 Å². The Morgan fingerprint density at radius 3 is 2.95 bits per heavy atom. The Morgan fingerprint density at radius 1 is 1.25 bits per heavy atom. The van der Waals surface area contributed by atoms with Gasteiger partial charge in [0.25, 0.3) is 0 Å². The number of rotatable bonds is 0. The third kappa shape index (κ3) is 1.55. The minimum atomic E-state index is 0.493. The first-order valence-electron chi connectivity index (χ1n) is 8.15. The number of benzene rings is 1. The highest BCUT2D eigenvalue weighted by Gasteiger charge is 2.50. The maximum Gasteiger partial charge on any atom is 0.0316 e. The van der Waals surface area contributed by atoms with Crippen LogP contribution in [0.5, 0.6) is 0 Å². The Hall–Kier alpha value is -1.24. The molecule has 1 heteroatoms. The lowest BCUT2D eigenvalue weighted by Gasteiger charge is -2.50. The fourth-order valence-electron chi connectivity index (χ4n) is 5.38. The highest BCUT2D eigenvalue weighted by Crippen LogP contribution is 2.60. The van der Waals surface area contributed by atoms with Gasteiger partial charge in [0.15, 0.2) is 0 Å². The van der Waals surface area contributed by atoms with Crippen molar-refractivity contribution in [3.8, 4) is 0 Å². The summed E-state index contributed by atoms with van der Waals surface area (Å²) in [5, 5.41) is 0. The number of allylic oxidation sites excluding steroid dienone is 2. The van der Waals surface area contributed by atoms with Gasteiger partial charge >= 0.3 is 0 Å². The summed E-state index contributed by atoms with van der Waals surface area (Å²) in [4.78, 5) is 0. The molecule has 1 aromatic rings. The molecule has 0 aliphatic heterocycles. The molecule has 106 valence electrons. The predicted molar refractivity (Wildman–Crippen MR) is 84.6 cm³/mol. The van der Waals surface area contributed by atoms with Gasteiger partial charge in [0.1, 0.15) is 0 Å². The molecule has 1 aromatic carbocycles. The van der Waals surface area contributed by atoms with Crippen molar-refractivity contribution < 1.29 is 0 Å². The highest BCUT2D eigenvalue weighted by atomic mass is 14.6. The molecule has 0 unspecified atom stereocenters. The van der Waals surface area contributed by atoms with Crippen LogP contribution in [0.2, 0.25) is 0 Å². The molecule has 0 aromatic heterocycles. The lowest BCUT2D eigenvalue weighted by Crippen LogP contribution is -2.40. The molecule has 0 spiro atoms. The molecule has 20 heavy (non-hydrogen) atoms. The zero-order valence-corrected chi connectivity index (χ0v) is 12.7. The largest absolute Gasteiger partial charge is 0.399 e. The zero-order chi connectivity index (χ0) is 13.9. The van der Waals surface area contributed by atoms with E-state index in [1.807, 2.05) is 0 Å². The molecule has 3 aliphatic rings. The Balaban J connectivity index is 1.72. The molecular weight excluding hydrogens is 242 g/mol. The van der Waals surface area contributed by atoms with Crippen molar-refractivity contribution in [2.75, 3.05) is 5.73 Å². The normalized spacial score (nSPS) is 38.7. The third-order valence-electron chi connectivity index (χ3n) is 6.72. The number of fused-ring (bicyclic) bond motifs is 5. The van der Waals surface area contributed by atoms with Crippen LogP contribution in [-0.4, -0.2) is 0 Å². The molecule has 1 nitrogen and oxygen atoms in total. The van der Waals surface area contributed by atoms with E-state index in [4.69, 9.17) is 5.73 Å². The molecule has 0 bridgehead atoms. The molecule has 0 heterocycles. The van der Waals surface area contributed by atoms with Crippen LogP contribution in [0.4, 0.5) is 5.69 Å². The number of aryl methyl sites for hydroxylation is 1. The maximum absolute atomic E-state index is 5.97. The molecule has 3 aliphatic carbocycles. The summed E-state index contributed by atoms with van der Waals surface area (Å²) in [6.45, 7) is 4.88. The van der Waals surface area contributed by atoms with E-state index < -0.39 is 0 Å². The lowest BCUT2D eigenvalue weighted by molar-refractivity contribution is 0.0754. The average Bonchev–Trinajstić information content (AvgIpc) is 2.74. The summed E-state index contributed by atoms with van der Waals surface area (Å²) in [7, 11) is 0. The van der Waals surface area contributed by atoms with Crippen molar-refractivity contribution in [3.63, 3.8) is 0 Å². The van der Waals surface area contributed by atoms with Crippen molar-refractivity contribution in [1.82, 2.24) is 0 Å². The molecule has 0 saturated heterocycles. The lowest BCUT2D eigenvalue weighted by atomic mass is 9.54. The molecule has 0 radical (unpaired) electrons. The number of hydrogen-bond donors (Lipinski definition) is 1. The first kappa shape index (κ1) is 12.5. The van der Waals surface area contributed by atoms with Gasteiger partial charge in [-0.1, -0.05) is 24.6 Å². The van der Waals surface area contributed by atoms with E-state index in [1.54, 1.807) is 11.1 Å². The van der Waals surface area contributed by atoms with E-state index >= 15 is 0 Å². The van der Waals surface area contributed by atoms with Crippen LogP contribution in [0.25, 0.3) is 0 Å². The summed E-state index contributed by atoms with van der Waals surface area (Å²) in [6.07, 6.45) is 9.15.